The van der Waals surface area contributed by atoms with Gasteiger partial charge in [0.05, 0.1) is 5.69 Å². The second-order valence-corrected chi connectivity index (χ2v) is 5.87. The van der Waals surface area contributed by atoms with Crippen LogP contribution in [-0.4, -0.2) is 28.1 Å². The molecule has 0 aromatic carbocycles. The molecule has 0 radical (unpaired) electrons. The van der Waals surface area contributed by atoms with E-state index in [2.05, 4.69) is 15.6 Å². The van der Waals surface area contributed by atoms with E-state index in [1.54, 1.807) is 13.8 Å². The number of carbonyl (C=O) groups is 2. The zero-order valence-corrected chi connectivity index (χ0v) is 11.7. The Morgan fingerprint density at radius 1 is 1.47 bits per heavy atom. The highest BCUT2D eigenvalue weighted by molar-refractivity contribution is 7.13. The number of nitrogens with one attached hydrogen (secondary N) is 2. The van der Waals surface area contributed by atoms with Crippen LogP contribution in [0.4, 0.5) is 9.93 Å². The Kier molecular flexibility index (Phi) is 4.04. The van der Waals surface area contributed by atoms with Crippen LogP contribution >= 0.6 is 11.3 Å². The number of aliphatic carboxylic acids is 1. The minimum absolute atomic E-state index is 0.179. The normalized spacial score (nSPS) is 16.2. The summed E-state index contributed by atoms with van der Waals surface area (Å²) in [5.74, 6) is -0.679. The molecule has 19 heavy (non-hydrogen) atoms. The lowest BCUT2D eigenvalue weighted by Crippen LogP contribution is -2.46. The summed E-state index contributed by atoms with van der Waals surface area (Å²) in [6.45, 7) is 3.49. The third-order valence-corrected chi connectivity index (χ3v) is 3.73. The summed E-state index contributed by atoms with van der Waals surface area (Å²) >= 11 is 1.36. The van der Waals surface area contributed by atoms with Crippen LogP contribution in [0.15, 0.2) is 5.38 Å². The van der Waals surface area contributed by atoms with Crippen molar-refractivity contribution in [3.63, 3.8) is 0 Å². The van der Waals surface area contributed by atoms with Crippen molar-refractivity contribution in [2.24, 2.45) is 5.92 Å². The summed E-state index contributed by atoms with van der Waals surface area (Å²) in [4.78, 5) is 27.0. The van der Waals surface area contributed by atoms with Gasteiger partial charge in [-0.3, -0.25) is 5.32 Å². The Hall–Kier alpha value is -1.63. The topological polar surface area (TPSA) is 91.3 Å². The highest BCUT2D eigenvalue weighted by atomic mass is 32.1. The van der Waals surface area contributed by atoms with Crippen LogP contribution < -0.4 is 10.6 Å². The van der Waals surface area contributed by atoms with Gasteiger partial charge in [-0.05, 0) is 18.8 Å². The van der Waals surface area contributed by atoms with Crippen LogP contribution in [0.25, 0.3) is 0 Å². The van der Waals surface area contributed by atoms with Gasteiger partial charge in [-0.2, -0.15) is 0 Å². The maximum absolute atomic E-state index is 11.7. The lowest BCUT2D eigenvalue weighted by Gasteiger charge is -2.17. The van der Waals surface area contributed by atoms with E-state index in [1.165, 1.54) is 11.3 Å². The molecule has 104 valence electrons. The van der Waals surface area contributed by atoms with Gasteiger partial charge < -0.3 is 10.4 Å². The molecule has 0 spiro atoms. The first-order chi connectivity index (χ1) is 8.97. The van der Waals surface area contributed by atoms with Crippen LogP contribution in [0.5, 0.6) is 0 Å². The standard InChI is InChI=1S/C12H17N3O3S/c1-6(2)9(10(16)17)14-11(18)15-12-13-8(5-19-12)7-3-4-7/h5-7,9H,3-4H2,1-2H3,(H,16,17)(H2,13,14,15,18)/t9-/m0/s1. The lowest BCUT2D eigenvalue weighted by molar-refractivity contribution is -0.140. The van der Waals surface area contributed by atoms with E-state index in [0.717, 1.165) is 18.5 Å². The molecule has 0 aliphatic heterocycles. The fourth-order valence-electron chi connectivity index (χ4n) is 1.70. The average molecular weight is 283 g/mol. The molecule has 0 bridgehead atoms. The third kappa shape index (κ3) is 3.66. The number of rotatable bonds is 5. The summed E-state index contributed by atoms with van der Waals surface area (Å²) in [5.41, 5.74) is 1.01. The number of carbonyl (C=O) groups excluding carboxylic acids is 1. The Bertz CT molecular complexity index is 482. The van der Waals surface area contributed by atoms with Gasteiger partial charge in [0.15, 0.2) is 5.13 Å². The number of anilines is 1. The number of carboxylic acid groups (broad SMARTS) is 1. The molecule has 1 fully saturated rings. The van der Waals surface area contributed by atoms with E-state index in [-0.39, 0.29) is 5.92 Å². The number of hydrogen-bond donors (Lipinski definition) is 3. The van der Waals surface area contributed by atoms with Crippen LogP contribution in [-0.2, 0) is 4.79 Å². The molecule has 2 rings (SSSR count). The Morgan fingerprint density at radius 3 is 2.68 bits per heavy atom. The van der Waals surface area contributed by atoms with Gasteiger partial charge in [-0.1, -0.05) is 13.8 Å². The van der Waals surface area contributed by atoms with E-state index < -0.39 is 18.0 Å². The number of nitrogens with zero attached hydrogens (tertiary/aromatic N) is 1. The molecule has 0 unspecified atom stereocenters. The molecule has 3 N–H and O–H groups in total. The number of amides is 2. The molecule has 1 aromatic rings. The van der Waals surface area contributed by atoms with E-state index in [1.807, 2.05) is 5.38 Å². The van der Waals surface area contributed by atoms with Crippen molar-refractivity contribution in [3.8, 4) is 0 Å². The first-order valence-corrected chi connectivity index (χ1v) is 7.11. The molecule has 1 saturated carbocycles. The zero-order valence-electron chi connectivity index (χ0n) is 10.8. The van der Waals surface area contributed by atoms with Crippen molar-refractivity contribution in [3.05, 3.63) is 11.1 Å². The number of hydrogen-bond acceptors (Lipinski definition) is 4. The fraction of sp³-hybridized carbons (Fsp3) is 0.583. The third-order valence-electron chi connectivity index (χ3n) is 2.96. The van der Waals surface area contributed by atoms with Gasteiger partial charge in [-0.25, -0.2) is 14.6 Å². The molecule has 1 atom stereocenters. The van der Waals surface area contributed by atoms with Gasteiger partial charge in [0.1, 0.15) is 6.04 Å². The summed E-state index contributed by atoms with van der Waals surface area (Å²) in [7, 11) is 0. The fourth-order valence-corrected chi connectivity index (χ4v) is 2.49. The van der Waals surface area contributed by atoms with Gasteiger partial charge in [0, 0.05) is 11.3 Å². The quantitative estimate of drug-likeness (QED) is 0.773. The van der Waals surface area contributed by atoms with E-state index in [4.69, 9.17) is 5.11 Å². The van der Waals surface area contributed by atoms with Crippen molar-refractivity contribution >= 4 is 28.5 Å². The molecule has 1 aromatic heterocycles. The summed E-state index contributed by atoms with van der Waals surface area (Å²) in [5, 5.41) is 16.4. The molecule has 1 heterocycles. The van der Waals surface area contributed by atoms with Gasteiger partial charge >= 0.3 is 12.0 Å². The number of carboxylic acids is 1. The summed E-state index contributed by atoms with van der Waals surface area (Å²) < 4.78 is 0. The molecule has 1 aliphatic rings. The summed E-state index contributed by atoms with van der Waals surface area (Å²) in [6, 6.07) is -1.43. The van der Waals surface area contributed by atoms with Gasteiger partial charge in [0.25, 0.3) is 0 Å². The van der Waals surface area contributed by atoms with E-state index >= 15 is 0 Å². The van der Waals surface area contributed by atoms with Crippen molar-refractivity contribution in [1.82, 2.24) is 10.3 Å². The van der Waals surface area contributed by atoms with Crippen LogP contribution in [0.1, 0.15) is 38.3 Å². The van der Waals surface area contributed by atoms with E-state index in [0.29, 0.717) is 11.0 Å². The first kappa shape index (κ1) is 13.8. The second-order valence-electron chi connectivity index (χ2n) is 5.01. The lowest BCUT2D eigenvalue weighted by atomic mass is 10.1. The molecule has 2 amide bonds. The second kappa shape index (κ2) is 5.56. The number of urea groups is 1. The van der Waals surface area contributed by atoms with Crippen LogP contribution in [0.2, 0.25) is 0 Å². The molecule has 7 heteroatoms. The predicted molar refractivity (Wildman–Crippen MR) is 72.5 cm³/mol. The summed E-state index contributed by atoms with van der Waals surface area (Å²) in [6.07, 6.45) is 2.31. The van der Waals surface area contributed by atoms with Crippen LogP contribution in [0, 0.1) is 5.92 Å². The highest BCUT2D eigenvalue weighted by Crippen LogP contribution is 2.40. The van der Waals surface area contributed by atoms with Crippen molar-refractivity contribution < 1.29 is 14.7 Å². The van der Waals surface area contributed by atoms with Gasteiger partial charge in [0.2, 0.25) is 0 Å². The monoisotopic (exact) mass is 283 g/mol. The number of thiazole rings is 1. The van der Waals surface area contributed by atoms with Crippen LogP contribution in [0.3, 0.4) is 0 Å². The van der Waals surface area contributed by atoms with E-state index in [9.17, 15) is 9.59 Å². The van der Waals surface area contributed by atoms with Crippen molar-refractivity contribution in [2.45, 2.75) is 38.6 Å². The minimum atomic E-state index is -1.04. The first-order valence-electron chi connectivity index (χ1n) is 6.23. The maximum Gasteiger partial charge on any atom is 0.326 e. The molecular formula is C12H17N3O3S. The average Bonchev–Trinajstić information content (AvgIpc) is 3.07. The van der Waals surface area contributed by atoms with Crippen molar-refractivity contribution in [1.29, 1.82) is 0 Å². The maximum atomic E-state index is 11.7. The predicted octanol–water partition coefficient (Wildman–Crippen LogP) is 2.25. The van der Waals surface area contributed by atoms with Crippen molar-refractivity contribution in [2.75, 3.05) is 5.32 Å². The molecule has 6 nitrogen and oxygen atoms in total. The largest absolute Gasteiger partial charge is 0.480 e. The minimum Gasteiger partial charge on any atom is -0.480 e. The number of aromatic nitrogens is 1. The SMILES string of the molecule is CC(C)[C@H](NC(=O)Nc1nc(C2CC2)cs1)C(=O)O. The molecule has 0 saturated heterocycles. The highest BCUT2D eigenvalue weighted by Gasteiger charge is 2.27. The smallest absolute Gasteiger partial charge is 0.326 e. The Labute approximate surface area is 115 Å². The molecular weight excluding hydrogens is 266 g/mol. The molecule has 1 aliphatic carbocycles. The Balaban J connectivity index is 1.90. The Morgan fingerprint density at radius 2 is 2.16 bits per heavy atom. The van der Waals surface area contributed by atoms with Gasteiger partial charge in [-0.15, -0.1) is 11.3 Å². The zero-order chi connectivity index (χ0) is 14.0.